The number of thioether (sulfide) groups is 1. The quantitative estimate of drug-likeness (QED) is 0.0342. The van der Waals surface area contributed by atoms with Crippen LogP contribution >= 0.6 is 23.7 Å². The van der Waals surface area contributed by atoms with Crippen molar-refractivity contribution in [1.29, 1.82) is 10.8 Å². The summed E-state index contributed by atoms with van der Waals surface area (Å²) >= 11 is 2.95. The topological polar surface area (TPSA) is 172 Å². The number of hydrogen-bond acceptors (Lipinski definition) is 12. The second-order valence-corrected chi connectivity index (χ2v) is 12.7. The predicted octanol–water partition coefficient (Wildman–Crippen LogP) is 4.96. The van der Waals surface area contributed by atoms with Crippen molar-refractivity contribution in [3.63, 3.8) is 0 Å². The molecule has 14 heteroatoms. The van der Waals surface area contributed by atoms with E-state index in [9.17, 15) is 9.90 Å². The molecule has 1 aliphatic rings. The Balaban J connectivity index is 1.65. The van der Waals surface area contributed by atoms with Gasteiger partial charge in [-0.25, -0.2) is 9.10 Å². The van der Waals surface area contributed by atoms with Gasteiger partial charge in [-0.15, -0.1) is 0 Å². The largest absolute Gasteiger partial charge is 0.512 e. The molecule has 234 valence electrons. The van der Waals surface area contributed by atoms with Gasteiger partial charge < -0.3 is 25.3 Å². The number of nitrogens with zero attached hydrogens (tertiary/aromatic N) is 2. The van der Waals surface area contributed by atoms with Crippen LogP contribution in [0.2, 0.25) is 0 Å². The van der Waals surface area contributed by atoms with E-state index in [1.165, 1.54) is 17.8 Å². The first-order chi connectivity index (χ1) is 20.4. The lowest BCUT2D eigenvalue weighted by Gasteiger charge is -2.33. The average molecular weight is 631 g/mol. The van der Waals surface area contributed by atoms with E-state index in [1.54, 1.807) is 70.2 Å². The molecule has 0 saturated carbocycles. The fourth-order valence-electron chi connectivity index (χ4n) is 4.04. The number of hydrazine groups is 1. The number of benzene rings is 2. The molecule has 43 heavy (non-hydrogen) atoms. The Bertz CT molecular complexity index is 1320. The second kappa shape index (κ2) is 15.9. The molecule has 3 rings (SSSR count). The Morgan fingerprint density at radius 3 is 2.49 bits per heavy atom. The number of methoxy groups -OCH3 is 1. The zero-order chi connectivity index (χ0) is 31.6. The maximum absolute atomic E-state index is 12.4. The molecular formula is C29H42N8O4S2. The third-order valence-corrected chi connectivity index (χ3v) is 8.36. The molecule has 1 saturated heterocycles. The van der Waals surface area contributed by atoms with Crippen molar-refractivity contribution in [1.82, 2.24) is 14.5 Å². The minimum Gasteiger partial charge on any atom is -0.512 e. The first kappa shape index (κ1) is 34.1. The molecule has 8 N–H and O–H groups in total. The van der Waals surface area contributed by atoms with Gasteiger partial charge in [0.1, 0.15) is 23.2 Å². The number of amidine groups is 1. The third-order valence-electron chi connectivity index (χ3n) is 6.57. The molecule has 0 atom stereocenters. The number of allylic oxidation sites excluding steroid dienone is 1. The van der Waals surface area contributed by atoms with Crippen LogP contribution in [0, 0.1) is 16.2 Å². The van der Waals surface area contributed by atoms with Gasteiger partial charge in [0.05, 0.1) is 12.8 Å². The van der Waals surface area contributed by atoms with Crippen LogP contribution in [0.4, 0.5) is 16.2 Å². The SMILES string of the molecule is COc1cc(NN)c(C(=N)Sc2cccc(NC(=O)NC(=N)/C=C(\O)C(C)(C)C)c2)cc1OCCN1CCN(SC)CC1. The summed E-state index contributed by atoms with van der Waals surface area (Å²) in [5.74, 6) is 6.56. The van der Waals surface area contributed by atoms with Crippen molar-refractivity contribution >= 4 is 52.0 Å². The number of carbonyl (C=O) groups excluding carboxylic acids is 1. The summed E-state index contributed by atoms with van der Waals surface area (Å²) in [6.07, 6.45) is 3.30. The summed E-state index contributed by atoms with van der Waals surface area (Å²) < 4.78 is 14.0. The predicted molar refractivity (Wildman–Crippen MR) is 177 cm³/mol. The van der Waals surface area contributed by atoms with E-state index in [0.29, 0.717) is 39.9 Å². The standard InChI is InChI=1S/C29H42N8O4S2/c1-29(2,3)25(38)18-26(30)34-28(39)33-19-7-6-8-20(15-19)43-27(31)21-16-24(23(40-4)17-22(21)35-32)41-14-13-36-9-11-37(42-5)12-10-36/h6-8,15-18,31,35,38H,9-14,32H2,1-5H3,(H3,30,33,34,39)/b25-18-,31-27?. The molecule has 0 aliphatic carbocycles. The van der Waals surface area contributed by atoms with Crippen LogP contribution in [0.5, 0.6) is 11.5 Å². The molecule has 12 nitrogen and oxygen atoms in total. The number of carbonyl (C=O) groups is 1. The molecule has 2 aromatic carbocycles. The highest BCUT2D eigenvalue weighted by Crippen LogP contribution is 2.36. The minimum atomic E-state index is -0.627. The number of ether oxygens (including phenoxy) is 2. The van der Waals surface area contributed by atoms with E-state index >= 15 is 0 Å². The molecule has 2 aromatic rings. The summed E-state index contributed by atoms with van der Waals surface area (Å²) in [5.41, 5.74) is 3.62. The molecule has 2 amide bonds. The Morgan fingerprint density at radius 2 is 1.86 bits per heavy atom. The Morgan fingerprint density at radius 1 is 1.14 bits per heavy atom. The number of aliphatic hydroxyl groups excluding tert-OH is 1. The summed E-state index contributed by atoms with van der Waals surface area (Å²) in [6, 6.07) is 9.83. The number of nitrogens with one attached hydrogen (secondary N) is 5. The van der Waals surface area contributed by atoms with Crippen molar-refractivity contribution in [2.75, 3.05) is 63.4 Å². The fraction of sp³-hybridized carbons (Fsp3) is 0.414. The maximum atomic E-state index is 12.4. The summed E-state index contributed by atoms with van der Waals surface area (Å²) in [5, 5.41) is 32.1. The first-order valence-corrected chi connectivity index (χ1v) is 15.7. The lowest BCUT2D eigenvalue weighted by atomic mass is 9.93. The third kappa shape index (κ3) is 10.4. The number of amides is 2. The van der Waals surface area contributed by atoms with Crippen molar-refractivity contribution in [2.45, 2.75) is 25.7 Å². The zero-order valence-corrected chi connectivity index (χ0v) is 26.9. The van der Waals surface area contributed by atoms with Crippen LogP contribution < -0.4 is 31.4 Å². The fourth-order valence-corrected chi connectivity index (χ4v) is 5.42. The van der Waals surface area contributed by atoms with Gasteiger partial charge in [0.2, 0.25) is 0 Å². The molecule has 1 fully saturated rings. The minimum absolute atomic E-state index is 0.0159. The van der Waals surface area contributed by atoms with Gasteiger partial charge >= 0.3 is 6.03 Å². The number of urea groups is 1. The number of rotatable bonds is 11. The molecule has 0 aromatic heterocycles. The zero-order valence-electron chi connectivity index (χ0n) is 25.2. The number of anilines is 2. The Labute approximate surface area is 261 Å². The van der Waals surface area contributed by atoms with Gasteiger partial charge in [-0.2, -0.15) is 0 Å². The smallest absolute Gasteiger partial charge is 0.324 e. The molecule has 0 radical (unpaired) electrons. The lowest BCUT2D eigenvalue weighted by molar-refractivity contribution is 0.162. The number of hydrogen-bond donors (Lipinski definition) is 7. The maximum Gasteiger partial charge on any atom is 0.324 e. The molecule has 0 spiro atoms. The average Bonchev–Trinajstić information content (AvgIpc) is 2.96. The highest BCUT2D eigenvalue weighted by atomic mass is 32.2. The number of nitrogen functional groups attached to an aromatic ring is 1. The van der Waals surface area contributed by atoms with E-state index in [2.05, 4.69) is 31.5 Å². The van der Waals surface area contributed by atoms with Gasteiger partial charge in [0.15, 0.2) is 11.5 Å². The highest BCUT2D eigenvalue weighted by molar-refractivity contribution is 8.14. The summed E-state index contributed by atoms with van der Waals surface area (Å²) in [4.78, 5) is 15.5. The summed E-state index contributed by atoms with van der Waals surface area (Å²) in [7, 11) is 1.56. The molecule has 0 unspecified atom stereocenters. The number of nitrogens with two attached hydrogens (primary N) is 1. The van der Waals surface area contributed by atoms with Crippen molar-refractivity contribution < 1.29 is 19.4 Å². The van der Waals surface area contributed by atoms with Crippen LogP contribution in [0.3, 0.4) is 0 Å². The number of piperazine rings is 1. The van der Waals surface area contributed by atoms with E-state index in [0.717, 1.165) is 32.7 Å². The molecule has 0 bridgehead atoms. The molecular weight excluding hydrogens is 589 g/mol. The Kier molecular flexibility index (Phi) is 12.6. The second-order valence-electron chi connectivity index (χ2n) is 10.7. The van der Waals surface area contributed by atoms with Crippen molar-refractivity contribution in [2.24, 2.45) is 11.3 Å². The Hall–Kier alpha value is -3.43. The normalized spacial score (nSPS) is 14.6. The van der Waals surface area contributed by atoms with Gasteiger partial charge in [0, 0.05) is 66.4 Å². The van der Waals surface area contributed by atoms with E-state index < -0.39 is 11.4 Å². The van der Waals surface area contributed by atoms with E-state index in [1.807, 2.05) is 6.07 Å². The van der Waals surface area contributed by atoms with E-state index in [-0.39, 0.29) is 16.6 Å². The first-order valence-electron chi connectivity index (χ1n) is 13.7. The van der Waals surface area contributed by atoms with Crippen LogP contribution in [0.1, 0.15) is 26.3 Å². The van der Waals surface area contributed by atoms with E-state index in [4.69, 9.17) is 26.1 Å². The summed E-state index contributed by atoms with van der Waals surface area (Å²) in [6.45, 7) is 10.7. The van der Waals surface area contributed by atoms with Crippen LogP contribution in [0.25, 0.3) is 0 Å². The monoisotopic (exact) mass is 630 g/mol. The van der Waals surface area contributed by atoms with Crippen molar-refractivity contribution in [3.8, 4) is 11.5 Å². The van der Waals surface area contributed by atoms with Crippen LogP contribution in [-0.4, -0.2) is 83.9 Å². The molecule has 1 aliphatic heterocycles. The van der Waals surface area contributed by atoms with Crippen LogP contribution in [0.15, 0.2) is 53.1 Å². The number of aliphatic hydroxyl groups is 1. The lowest BCUT2D eigenvalue weighted by Crippen LogP contribution is -2.44. The highest BCUT2D eigenvalue weighted by Gasteiger charge is 2.19. The van der Waals surface area contributed by atoms with Gasteiger partial charge in [-0.3, -0.25) is 26.9 Å². The van der Waals surface area contributed by atoms with Gasteiger partial charge in [-0.1, -0.05) is 50.5 Å². The molecule has 1 heterocycles. The van der Waals surface area contributed by atoms with Gasteiger partial charge in [0.25, 0.3) is 0 Å². The van der Waals surface area contributed by atoms with Crippen molar-refractivity contribution in [3.05, 3.63) is 53.8 Å². The van der Waals surface area contributed by atoms with Crippen LogP contribution in [-0.2, 0) is 0 Å². The van der Waals surface area contributed by atoms with Gasteiger partial charge in [-0.05, 0) is 30.5 Å².